The number of hydrogen-bond acceptors (Lipinski definition) is 6. The van der Waals surface area contributed by atoms with Crippen LogP contribution in [0.15, 0.2) is 0 Å². The Labute approximate surface area is 162 Å². The van der Waals surface area contributed by atoms with Crippen LogP contribution in [0, 0.1) is 0 Å². The van der Waals surface area contributed by atoms with Gasteiger partial charge >= 0.3 is 17.1 Å². The maximum atomic E-state index is 8.37. The van der Waals surface area contributed by atoms with E-state index in [0.29, 0.717) is 13.2 Å². The monoisotopic (exact) mass is 405 g/mol. The lowest BCUT2D eigenvalue weighted by atomic mass is 9.96. The Hall–Kier alpha value is 0.194. The van der Waals surface area contributed by atoms with Gasteiger partial charge in [-0.2, -0.15) is 5.48 Å². The SMILES string of the molecule is [3H]C1O[C@@]23CNO[C@H]1C2O[Si](C(C)C)(C(C)C)O[Si](C(C)C)(C(C)C)OC3. The van der Waals surface area contributed by atoms with Gasteiger partial charge in [-0.15, -0.1) is 0 Å². The molecule has 0 saturated carbocycles. The van der Waals surface area contributed by atoms with Crippen molar-refractivity contribution in [1.82, 2.24) is 5.48 Å². The predicted octanol–water partition coefficient (Wildman–Crippen LogP) is 3.62. The quantitative estimate of drug-likeness (QED) is 0.721. The van der Waals surface area contributed by atoms with Gasteiger partial charge in [-0.1, -0.05) is 55.4 Å². The molecule has 0 amide bonds. The zero-order valence-corrected chi connectivity index (χ0v) is 19.5. The number of ether oxygens (including phenoxy) is 1. The summed E-state index contributed by atoms with van der Waals surface area (Å²) in [5.41, 5.74) is 3.35. The fraction of sp³-hybridized carbons (Fsp3) is 1.00. The van der Waals surface area contributed by atoms with Crippen LogP contribution in [0.3, 0.4) is 0 Å². The summed E-state index contributed by atoms with van der Waals surface area (Å²) in [5, 5.41) is 0. The van der Waals surface area contributed by atoms with Crippen molar-refractivity contribution in [2.75, 3.05) is 19.7 Å². The smallest absolute Gasteiger partial charge is 0.335 e. The van der Waals surface area contributed by atoms with E-state index in [4.69, 9.17) is 23.9 Å². The lowest BCUT2D eigenvalue weighted by Gasteiger charge is -2.54. The largest absolute Gasteiger partial charge is 0.414 e. The van der Waals surface area contributed by atoms with Crippen molar-refractivity contribution in [3.8, 4) is 0 Å². The Bertz CT molecular complexity index is 534. The van der Waals surface area contributed by atoms with Crippen LogP contribution in [-0.4, -0.2) is 54.7 Å². The van der Waals surface area contributed by atoms with Gasteiger partial charge in [0.05, 0.1) is 21.1 Å². The standard InChI is InChI=1S/C18H37NO5Si2/c1-12(2)25(13(3)4)21-11-18-10-19-22-16(9-20-18)17(18)23-26(24-25,14(5)6)15(7)8/h12-17,19H,9-11H2,1-8H3/t16-,17?,18-/m1/s1/i9T/t9?,16-,17?,18-. The summed E-state index contributed by atoms with van der Waals surface area (Å²) in [4.78, 5) is 5.68. The lowest BCUT2D eigenvalue weighted by molar-refractivity contribution is -0.164. The van der Waals surface area contributed by atoms with E-state index in [2.05, 4.69) is 60.9 Å². The van der Waals surface area contributed by atoms with E-state index in [9.17, 15) is 0 Å². The van der Waals surface area contributed by atoms with Crippen LogP contribution in [0.4, 0.5) is 0 Å². The van der Waals surface area contributed by atoms with Crippen LogP contribution < -0.4 is 5.48 Å². The molecule has 26 heavy (non-hydrogen) atoms. The van der Waals surface area contributed by atoms with Gasteiger partial charge in [0.1, 0.15) is 17.8 Å². The second kappa shape index (κ2) is 7.22. The molecule has 3 fully saturated rings. The van der Waals surface area contributed by atoms with Crippen molar-refractivity contribution in [2.45, 2.75) is 95.4 Å². The highest BCUT2D eigenvalue weighted by Crippen LogP contribution is 2.49. The third kappa shape index (κ3) is 3.06. The average molecular weight is 406 g/mol. The summed E-state index contributed by atoms with van der Waals surface area (Å²) >= 11 is 0. The average Bonchev–Trinajstić information content (AvgIpc) is 2.69. The molecular formula is C18H37NO5Si2. The fourth-order valence-corrected chi connectivity index (χ4v) is 15.9. The van der Waals surface area contributed by atoms with E-state index in [0.717, 1.165) is 0 Å². The number of nitrogens with one attached hydrogen (secondary N) is 1. The molecule has 0 aromatic rings. The number of hydroxylamine groups is 1. The van der Waals surface area contributed by atoms with Gasteiger partial charge < -0.3 is 17.7 Å². The van der Waals surface area contributed by atoms with Crippen LogP contribution in [0.2, 0.25) is 22.2 Å². The molecule has 0 aliphatic carbocycles. The van der Waals surface area contributed by atoms with Gasteiger partial charge in [0.15, 0.2) is 0 Å². The first-order valence-electron chi connectivity index (χ1n) is 10.6. The van der Waals surface area contributed by atoms with Crippen LogP contribution in [-0.2, 0) is 22.5 Å². The minimum atomic E-state index is -2.70. The minimum Gasteiger partial charge on any atom is -0.414 e. The maximum absolute atomic E-state index is 8.37. The molecule has 0 spiro atoms. The minimum absolute atomic E-state index is 0.249. The van der Waals surface area contributed by atoms with Crippen LogP contribution in [0.5, 0.6) is 0 Å². The molecule has 3 rings (SSSR count). The number of hydrogen-bond donors (Lipinski definition) is 1. The normalized spacial score (nSPS) is 39.8. The lowest BCUT2D eigenvalue weighted by Crippen LogP contribution is -2.71. The molecule has 3 aliphatic heterocycles. The molecule has 0 radical (unpaired) electrons. The molecule has 2 bridgehead atoms. The molecule has 3 aliphatic rings. The van der Waals surface area contributed by atoms with Crippen molar-refractivity contribution in [3.05, 3.63) is 0 Å². The van der Waals surface area contributed by atoms with Crippen LogP contribution in [0.25, 0.3) is 0 Å². The molecule has 4 atom stereocenters. The highest BCUT2D eigenvalue weighted by molar-refractivity contribution is 6.84. The second-order valence-electron chi connectivity index (χ2n) is 9.21. The van der Waals surface area contributed by atoms with E-state index in [1.165, 1.54) is 0 Å². The highest BCUT2D eigenvalue weighted by Gasteiger charge is 2.65. The Morgan fingerprint density at radius 1 is 0.962 bits per heavy atom. The molecule has 2 unspecified atom stereocenters. The molecule has 152 valence electrons. The topological polar surface area (TPSA) is 58.2 Å². The van der Waals surface area contributed by atoms with Gasteiger partial charge in [-0.3, -0.25) is 4.84 Å². The Kier molecular flexibility index (Phi) is 5.42. The molecule has 3 saturated heterocycles. The van der Waals surface area contributed by atoms with Crippen LogP contribution >= 0.6 is 0 Å². The molecule has 0 aromatic heterocycles. The number of rotatable bonds is 4. The first kappa shape index (κ1) is 19.5. The highest BCUT2D eigenvalue weighted by atomic mass is 28.5. The third-order valence-electron chi connectivity index (χ3n) is 6.24. The van der Waals surface area contributed by atoms with E-state index < -0.39 is 35.4 Å². The zero-order chi connectivity index (χ0) is 20.2. The van der Waals surface area contributed by atoms with Crippen molar-refractivity contribution in [2.24, 2.45) is 0 Å². The summed E-state index contributed by atoms with van der Waals surface area (Å²) in [6, 6.07) is 0. The maximum Gasteiger partial charge on any atom is 0.335 e. The summed E-state index contributed by atoms with van der Waals surface area (Å²) in [6.45, 7) is 17.7. The first-order chi connectivity index (χ1) is 12.5. The molecule has 3 heterocycles. The van der Waals surface area contributed by atoms with Gasteiger partial charge in [0.25, 0.3) is 0 Å². The van der Waals surface area contributed by atoms with Gasteiger partial charge in [-0.05, 0) is 22.2 Å². The molecule has 1 N–H and O–H groups in total. The van der Waals surface area contributed by atoms with Crippen molar-refractivity contribution in [1.29, 1.82) is 0 Å². The van der Waals surface area contributed by atoms with E-state index >= 15 is 0 Å². The molecule has 8 heteroatoms. The Morgan fingerprint density at radius 2 is 1.54 bits per heavy atom. The second-order valence-corrected chi connectivity index (χ2v) is 18.1. The van der Waals surface area contributed by atoms with Gasteiger partial charge in [0.2, 0.25) is 0 Å². The summed E-state index contributed by atoms with van der Waals surface area (Å²) in [5.74, 6) is 0. The molecule has 6 nitrogen and oxygen atoms in total. The van der Waals surface area contributed by atoms with Gasteiger partial charge in [0, 0.05) is 0 Å². The third-order valence-corrected chi connectivity index (χ3v) is 16.4. The molecule has 0 aromatic carbocycles. The summed E-state index contributed by atoms with van der Waals surface area (Å²) in [7, 11) is -5.30. The van der Waals surface area contributed by atoms with Crippen LogP contribution in [0.1, 0.15) is 56.8 Å². The molecular weight excluding hydrogens is 366 g/mol. The zero-order valence-electron chi connectivity index (χ0n) is 18.5. The van der Waals surface area contributed by atoms with E-state index in [-0.39, 0.29) is 28.3 Å². The Morgan fingerprint density at radius 3 is 2.08 bits per heavy atom. The predicted molar refractivity (Wildman–Crippen MR) is 105 cm³/mol. The van der Waals surface area contributed by atoms with E-state index in [1.807, 2.05) is 0 Å². The van der Waals surface area contributed by atoms with Crippen molar-refractivity contribution < 1.29 is 23.9 Å². The Balaban J connectivity index is 2.13. The summed E-state index contributed by atoms with van der Waals surface area (Å²) < 4.78 is 35.4. The van der Waals surface area contributed by atoms with Crippen molar-refractivity contribution in [3.63, 3.8) is 0 Å². The van der Waals surface area contributed by atoms with Crippen molar-refractivity contribution >= 4 is 17.1 Å². The first-order valence-corrected chi connectivity index (χ1v) is 14.0. The van der Waals surface area contributed by atoms with Gasteiger partial charge in [-0.25, -0.2) is 0 Å². The fourth-order valence-electron chi connectivity index (χ4n) is 4.62. The van der Waals surface area contributed by atoms with E-state index in [1.54, 1.807) is 0 Å². The summed E-state index contributed by atoms with van der Waals surface area (Å²) in [6.07, 6.45) is -0.813.